The Morgan fingerprint density at radius 3 is 2.48 bits per heavy atom. The van der Waals surface area contributed by atoms with Crippen molar-refractivity contribution in [1.29, 1.82) is 0 Å². The number of halogens is 1. The topological polar surface area (TPSA) is 49.3 Å². The Kier molecular flexibility index (Phi) is 5.31. The van der Waals surface area contributed by atoms with E-state index >= 15 is 0 Å². The maximum atomic E-state index is 13.0. The number of benzene rings is 1. The highest BCUT2D eigenvalue weighted by Crippen LogP contribution is 2.30. The maximum Gasteiger partial charge on any atom is 0.223 e. The number of hydrogen-bond acceptors (Lipinski definition) is 2. The molecule has 2 N–H and O–H groups in total. The smallest absolute Gasteiger partial charge is 0.223 e. The molecule has 3 nitrogen and oxygen atoms in total. The molecule has 3 rings (SSSR count). The molecule has 23 heavy (non-hydrogen) atoms. The van der Waals surface area contributed by atoms with Crippen LogP contribution in [0.3, 0.4) is 0 Å². The van der Waals surface area contributed by atoms with Gasteiger partial charge in [-0.05, 0) is 68.6 Å². The van der Waals surface area contributed by atoms with Crippen LogP contribution in [0.1, 0.15) is 50.5 Å². The second-order valence-corrected chi connectivity index (χ2v) is 7.14. The molecule has 2 saturated carbocycles. The average molecular weight is 319 g/mol. The lowest BCUT2D eigenvalue weighted by Gasteiger charge is -2.28. The van der Waals surface area contributed by atoms with E-state index in [1.54, 1.807) is 0 Å². The van der Waals surface area contributed by atoms with Gasteiger partial charge in [0, 0.05) is 12.0 Å². The van der Waals surface area contributed by atoms with Crippen molar-refractivity contribution in [2.24, 2.45) is 11.8 Å². The van der Waals surface area contributed by atoms with Crippen molar-refractivity contribution in [3.8, 4) is 0 Å². The SMILES string of the molecule is O=C(NC1CCCC1Cc1ccc(F)cc1)C1CCC(O)CC1. The van der Waals surface area contributed by atoms with Gasteiger partial charge in [0.25, 0.3) is 0 Å². The first-order valence-corrected chi connectivity index (χ1v) is 8.84. The minimum absolute atomic E-state index is 0.0606. The zero-order chi connectivity index (χ0) is 16.2. The Morgan fingerprint density at radius 2 is 1.78 bits per heavy atom. The zero-order valence-corrected chi connectivity index (χ0v) is 13.5. The lowest BCUT2D eigenvalue weighted by atomic mass is 9.86. The number of hydrogen-bond donors (Lipinski definition) is 2. The van der Waals surface area contributed by atoms with Crippen LogP contribution >= 0.6 is 0 Å². The fourth-order valence-electron chi connectivity index (χ4n) is 4.03. The van der Waals surface area contributed by atoms with Gasteiger partial charge in [-0.25, -0.2) is 4.39 Å². The largest absolute Gasteiger partial charge is 0.393 e. The second-order valence-electron chi connectivity index (χ2n) is 7.14. The summed E-state index contributed by atoms with van der Waals surface area (Å²) in [6.07, 6.45) is 7.03. The van der Waals surface area contributed by atoms with E-state index in [0.29, 0.717) is 5.92 Å². The van der Waals surface area contributed by atoms with E-state index in [2.05, 4.69) is 5.32 Å². The molecule has 2 aliphatic carbocycles. The van der Waals surface area contributed by atoms with Gasteiger partial charge in [-0.15, -0.1) is 0 Å². The Bertz CT molecular complexity index is 523. The van der Waals surface area contributed by atoms with Gasteiger partial charge in [0.1, 0.15) is 5.82 Å². The molecule has 4 heteroatoms. The van der Waals surface area contributed by atoms with E-state index < -0.39 is 0 Å². The summed E-state index contributed by atoms with van der Waals surface area (Å²) in [6, 6.07) is 6.93. The van der Waals surface area contributed by atoms with Crippen molar-refractivity contribution in [2.75, 3.05) is 0 Å². The van der Waals surface area contributed by atoms with Gasteiger partial charge >= 0.3 is 0 Å². The number of amides is 1. The molecule has 0 aliphatic heterocycles. The lowest BCUT2D eigenvalue weighted by Crippen LogP contribution is -2.42. The number of carbonyl (C=O) groups is 1. The molecular weight excluding hydrogens is 293 g/mol. The van der Waals surface area contributed by atoms with Crippen molar-refractivity contribution in [2.45, 2.75) is 63.5 Å². The first-order chi connectivity index (χ1) is 11.1. The Hall–Kier alpha value is -1.42. The van der Waals surface area contributed by atoms with Crippen LogP contribution in [-0.2, 0) is 11.2 Å². The van der Waals surface area contributed by atoms with Gasteiger partial charge in [-0.3, -0.25) is 4.79 Å². The third-order valence-corrected chi connectivity index (χ3v) is 5.47. The van der Waals surface area contributed by atoms with E-state index in [1.165, 1.54) is 12.1 Å². The molecule has 0 aromatic heterocycles. The highest BCUT2D eigenvalue weighted by molar-refractivity contribution is 5.79. The van der Waals surface area contributed by atoms with Crippen molar-refractivity contribution >= 4 is 5.91 Å². The normalized spacial score (nSPS) is 31.0. The first kappa shape index (κ1) is 16.4. The quantitative estimate of drug-likeness (QED) is 0.895. The molecule has 2 unspecified atom stereocenters. The summed E-state index contributed by atoms with van der Waals surface area (Å²) in [7, 11) is 0. The fourth-order valence-corrected chi connectivity index (χ4v) is 4.03. The van der Waals surface area contributed by atoms with E-state index in [4.69, 9.17) is 0 Å². The summed E-state index contributed by atoms with van der Waals surface area (Å²) in [4.78, 5) is 12.5. The summed E-state index contributed by atoms with van der Waals surface area (Å²) in [6.45, 7) is 0. The number of carbonyl (C=O) groups excluding carboxylic acids is 1. The van der Waals surface area contributed by atoms with Crippen LogP contribution in [0.2, 0.25) is 0 Å². The highest BCUT2D eigenvalue weighted by Gasteiger charge is 2.32. The molecule has 0 heterocycles. The van der Waals surface area contributed by atoms with Crippen LogP contribution < -0.4 is 5.32 Å². The number of aliphatic hydroxyl groups is 1. The van der Waals surface area contributed by atoms with Crippen molar-refractivity contribution in [3.63, 3.8) is 0 Å². The number of nitrogens with one attached hydrogen (secondary N) is 1. The highest BCUT2D eigenvalue weighted by atomic mass is 19.1. The van der Waals surface area contributed by atoms with Crippen LogP contribution in [0, 0.1) is 17.7 Å². The summed E-state index contributed by atoms with van der Waals surface area (Å²) in [5.41, 5.74) is 1.14. The summed E-state index contributed by atoms with van der Waals surface area (Å²) in [5.74, 6) is 0.460. The lowest BCUT2D eigenvalue weighted by molar-refractivity contribution is -0.127. The van der Waals surface area contributed by atoms with Gasteiger partial charge in [-0.1, -0.05) is 18.6 Å². The van der Waals surface area contributed by atoms with Crippen LogP contribution in [0.5, 0.6) is 0 Å². The van der Waals surface area contributed by atoms with Crippen molar-refractivity contribution < 1.29 is 14.3 Å². The zero-order valence-electron chi connectivity index (χ0n) is 13.5. The minimum Gasteiger partial charge on any atom is -0.393 e. The van der Waals surface area contributed by atoms with Crippen molar-refractivity contribution in [1.82, 2.24) is 5.32 Å². The second kappa shape index (κ2) is 7.43. The van der Waals surface area contributed by atoms with Crippen LogP contribution in [0.4, 0.5) is 4.39 Å². The molecule has 1 aromatic carbocycles. The van der Waals surface area contributed by atoms with E-state index in [9.17, 15) is 14.3 Å². The third-order valence-electron chi connectivity index (χ3n) is 5.47. The van der Waals surface area contributed by atoms with E-state index in [0.717, 1.165) is 56.9 Å². The van der Waals surface area contributed by atoms with Gasteiger partial charge < -0.3 is 10.4 Å². The minimum atomic E-state index is -0.225. The van der Waals surface area contributed by atoms with E-state index in [1.807, 2.05) is 12.1 Å². The Morgan fingerprint density at radius 1 is 1.09 bits per heavy atom. The van der Waals surface area contributed by atoms with Crippen LogP contribution in [-0.4, -0.2) is 23.2 Å². The fraction of sp³-hybridized carbons (Fsp3) is 0.632. The van der Waals surface area contributed by atoms with Gasteiger partial charge in [0.05, 0.1) is 6.10 Å². The number of rotatable bonds is 4. The summed E-state index contributed by atoms with van der Waals surface area (Å²) in [5, 5.41) is 12.8. The first-order valence-electron chi connectivity index (χ1n) is 8.84. The summed E-state index contributed by atoms with van der Waals surface area (Å²) >= 11 is 0. The monoisotopic (exact) mass is 319 g/mol. The molecule has 2 aliphatic rings. The molecule has 2 atom stereocenters. The standard InChI is InChI=1S/C19H26FNO2/c20-16-8-4-13(5-9-16)12-15-2-1-3-18(15)21-19(23)14-6-10-17(22)11-7-14/h4-5,8-9,14-15,17-18,22H,1-3,6-7,10-12H2,(H,21,23). The molecule has 2 fully saturated rings. The number of aliphatic hydroxyl groups excluding tert-OH is 1. The maximum absolute atomic E-state index is 13.0. The van der Waals surface area contributed by atoms with E-state index in [-0.39, 0.29) is 29.8 Å². The van der Waals surface area contributed by atoms with Crippen LogP contribution in [0.25, 0.3) is 0 Å². The molecule has 0 radical (unpaired) electrons. The summed E-state index contributed by atoms with van der Waals surface area (Å²) < 4.78 is 13.0. The average Bonchev–Trinajstić information content (AvgIpc) is 2.97. The van der Waals surface area contributed by atoms with Gasteiger partial charge in [0.15, 0.2) is 0 Å². The van der Waals surface area contributed by atoms with Crippen molar-refractivity contribution in [3.05, 3.63) is 35.6 Å². The predicted octanol–water partition coefficient (Wildman–Crippen LogP) is 3.20. The predicted molar refractivity (Wildman–Crippen MR) is 87.3 cm³/mol. The molecular formula is C19H26FNO2. The molecule has 0 saturated heterocycles. The molecule has 0 spiro atoms. The van der Waals surface area contributed by atoms with Gasteiger partial charge in [0.2, 0.25) is 5.91 Å². The Labute approximate surface area is 137 Å². The van der Waals surface area contributed by atoms with Gasteiger partial charge in [-0.2, -0.15) is 0 Å². The molecule has 126 valence electrons. The molecule has 1 amide bonds. The van der Waals surface area contributed by atoms with Crippen LogP contribution in [0.15, 0.2) is 24.3 Å². The molecule has 1 aromatic rings. The third kappa shape index (κ3) is 4.31. The Balaban J connectivity index is 1.54. The molecule has 0 bridgehead atoms.